The van der Waals surface area contributed by atoms with Crippen molar-refractivity contribution in [2.24, 2.45) is 11.7 Å². The van der Waals surface area contributed by atoms with Crippen molar-refractivity contribution in [1.82, 2.24) is 10.2 Å². The van der Waals surface area contributed by atoms with E-state index >= 15 is 0 Å². The minimum absolute atomic E-state index is 0. The van der Waals surface area contributed by atoms with Gasteiger partial charge < -0.3 is 25.6 Å². The molecule has 0 radical (unpaired) electrons. The molecular formula is C33H41Cl2N3O5. The van der Waals surface area contributed by atoms with E-state index in [1.54, 1.807) is 48.5 Å². The van der Waals surface area contributed by atoms with Crippen molar-refractivity contribution in [2.75, 3.05) is 26.3 Å². The smallest absolute Gasteiger partial charge is 0.347 e. The number of esters is 1. The molecule has 3 aromatic carbocycles. The van der Waals surface area contributed by atoms with Crippen LogP contribution in [0.2, 0.25) is 0 Å². The van der Waals surface area contributed by atoms with E-state index in [1.807, 2.05) is 12.1 Å². The van der Waals surface area contributed by atoms with Gasteiger partial charge in [0, 0.05) is 24.2 Å². The van der Waals surface area contributed by atoms with Crippen LogP contribution in [0.3, 0.4) is 0 Å². The van der Waals surface area contributed by atoms with Crippen LogP contribution in [0.15, 0.2) is 84.9 Å². The molecule has 8 nitrogen and oxygen atoms in total. The first-order chi connectivity index (χ1) is 19.9. The summed E-state index contributed by atoms with van der Waals surface area (Å²) in [4.78, 5) is 28.3. The van der Waals surface area contributed by atoms with E-state index < -0.39 is 11.6 Å². The Balaban J connectivity index is 0.00000253. The first kappa shape index (κ1) is 34.4. The summed E-state index contributed by atoms with van der Waals surface area (Å²) < 4.78 is 11.5. The van der Waals surface area contributed by atoms with Gasteiger partial charge in [0.15, 0.2) is 6.61 Å². The second-order valence-electron chi connectivity index (χ2n) is 11.2. The number of rotatable bonds is 11. The number of piperidine rings is 1. The zero-order valence-corrected chi connectivity index (χ0v) is 25.7. The third-order valence-corrected chi connectivity index (χ3v) is 8.05. The highest BCUT2D eigenvalue weighted by Crippen LogP contribution is 2.34. The maximum atomic E-state index is 13.6. The van der Waals surface area contributed by atoms with E-state index in [1.165, 1.54) is 5.56 Å². The predicted octanol–water partition coefficient (Wildman–Crippen LogP) is 4.21. The molecule has 0 aromatic heterocycles. The Hall–Kier alpha value is -3.14. The number of nitrogens with two attached hydrogens (primary N) is 1. The van der Waals surface area contributed by atoms with Gasteiger partial charge in [0.2, 0.25) is 5.60 Å². The molecule has 1 saturated heterocycles. The Morgan fingerprint density at radius 3 is 2.19 bits per heavy atom. The number of benzene rings is 3. The maximum absolute atomic E-state index is 13.6. The molecule has 43 heavy (non-hydrogen) atoms. The van der Waals surface area contributed by atoms with Crippen molar-refractivity contribution < 1.29 is 24.2 Å². The second kappa shape index (κ2) is 16.1. The molecule has 0 unspecified atom stereocenters. The second-order valence-corrected chi connectivity index (χ2v) is 11.2. The van der Waals surface area contributed by atoms with Gasteiger partial charge >= 0.3 is 5.97 Å². The first-order valence-corrected chi connectivity index (χ1v) is 14.4. The zero-order valence-electron chi connectivity index (χ0n) is 24.1. The number of hydrogen-bond acceptors (Lipinski definition) is 7. The molecule has 1 amide bonds. The van der Waals surface area contributed by atoms with E-state index in [4.69, 9.17) is 15.2 Å². The van der Waals surface area contributed by atoms with E-state index in [9.17, 15) is 14.7 Å². The van der Waals surface area contributed by atoms with Crippen LogP contribution in [0, 0.1) is 5.92 Å². The molecule has 1 saturated carbocycles. The van der Waals surface area contributed by atoms with Gasteiger partial charge in [0.25, 0.3) is 5.91 Å². The molecule has 5 rings (SSSR count). The molecule has 1 atom stereocenters. The molecule has 2 aliphatic rings. The summed E-state index contributed by atoms with van der Waals surface area (Å²) in [6.45, 7) is 2.85. The van der Waals surface area contributed by atoms with E-state index in [2.05, 4.69) is 34.5 Å². The van der Waals surface area contributed by atoms with Crippen LogP contribution in [0.25, 0.3) is 0 Å². The normalized spacial score (nSPS) is 19.9. The van der Waals surface area contributed by atoms with Crippen molar-refractivity contribution in [2.45, 2.75) is 49.9 Å². The summed E-state index contributed by atoms with van der Waals surface area (Å²) in [7, 11) is 0. The van der Waals surface area contributed by atoms with Crippen LogP contribution >= 0.6 is 24.8 Å². The van der Waals surface area contributed by atoms with Gasteiger partial charge in [-0.15, -0.1) is 24.8 Å². The number of carbonyl (C=O) groups is 2. The quantitative estimate of drug-likeness (QED) is 0.272. The van der Waals surface area contributed by atoms with Gasteiger partial charge in [-0.3, -0.25) is 9.69 Å². The summed E-state index contributed by atoms with van der Waals surface area (Å²) in [5.74, 6) is -0.369. The Kier molecular flexibility index (Phi) is 12.8. The number of likely N-dealkylation sites (tertiary alicyclic amines) is 1. The van der Waals surface area contributed by atoms with Crippen LogP contribution in [0.4, 0.5) is 0 Å². The Morgan fingerprint density at radius 2 is 1.53 bits per heavy atom. The number of amides is 1. The average molecular weight is 631 g/mol. The third-order valence-electron chi connectivity index (χ3n) is 8.05. The standard InChI is InChI=1S/C33H39N3O5.2ClH/c34-28-19-29(20-28)35-31(37)23-40-30-13-7-12-27(18-30)33(39,26-10-5-2-6-11-26)32(38)41-22-25-14-16-36(17-15-25)21-24-8-3-1-4-9-24;;/h1-13,18,25,28-29,39H,14-17,19-23,34H2,(H,35,37);2*1H/t28?,29?,33-;;/m0../s1. The van der Waals surface area contributed by atoms with Gasteiger partial charge in [-0.1, -0.05) is 72.8 Å². The van der Waals surface area contributed by atoms with Gasteiger partial charge in [0.1, 0.15) is 5.75 Å². The summed E-state index contributed by atoms with van der Waals surface area (Å²) >= 11 is 0. The van der Waals surface area contributed by atoms with Crippen LogP contribution in [-0.2, 0) is 26.5 Å². The van der Waals surface area contributed by atoms with E-state index in [0.29, 0.717) is 16.9 Å². The number of aliphatic hydroxyl groups is 1. The van der Waals surface area contributed by atoms with Crippen molar-refractivity contribution >= 4 is 36.7 Å². The first-order valence-electron chi connectivity index (χ1n) is 14.4. The van der Waals surface area contributed by atoms with E-state index in [0.717, 1.165) is 45.3 Å². The van der Waals surface area contributed by atoms with Gasteiger partial charge in [0.05, 0.1) is 6.61 Å². The monoisotopic (exact) mass is 629 g/mol. The van der Waals surface area contributed by atoms with Gasteiger partial charge in [-0.2, -0.15) is 0 Å². The number of carbonyl (C=O) groups excluding carboxylic acids is 2. The van der Waals surface area contributed by atoms with E-state index in [-0.39, 0.29) is 61.9 Å². The van der Waals surface area contributed by atoms with Crippen LogP contribution in [0.1, 0.15) is 42.4 Å². The molecule has 2 fully saturated rings. The van der Waals surface area contributed by atoms with Crippen molar-refractivity contribution in [3.63, 3.8) is 0 Å². The lowest BCUT2D eigenvalue weighted by atomic mass is 9.86. The molecule has 1 aliphatic carbocycles. The van der Waals surface area contributed by atoms with Crippen LogP contribution < -0.4 is 15.8 Å². The Labute approximate surface area is 265 Å². The van der Waals surface area contributed by atoms with Gasteiger partial charge in [-0.05, 0) is 68.0 Å². The lowest BCUT2D eigenvalue weighted by Crippen LogP contribution is -2.51. The molecular weight excluding hydrogens is 589 g/mol. The molecule has 0 bridgehead atoms. The molecule has 1 heterocycles. The fourth-order valence-corrected chi connectivity index (χ4v) is 5.54. The maximum Gasteiger partial charge on any atom is 0.347 e. The fourth-order valence-electron chi connectivity index (χ4n) is 5.54. The predicted molar refractivity (Wildman–Crippen MR) is 170 cm³/mol. The van der Waals surface area contributed by atoms with Crippen molar-refractivity contribution in [3.05, 3.63) is 102 Å². The Morgan fingerprint density at radius 1 is 0.907 bits per heavy atom. The lowest BCUT2D eigenvalue weighted by molar-refractivity contribution is -0.164. The third kappa shape index (κ3) is 8.94. The highest BCUT2D eigenvalue weighted by molar-refractivity contribution is 5.86. The van der Waals surface area contributed by atoms with Gasteiger partial charge in [-0.25, -0.2) is 4.79 Å². The molecule has 232 valence electrons. The average Bonchev–Trinajstić information content (AvgIpc) is 2.99. The largest absolute Gasteiger partial charge is 0.484 e. The topological polar surface area (TPSA) is 114 Å². The Bertz CT molecular complexity index is 1300. The summed E-state index contributed by atoms with van der Waals surface area (Å²) in [6, 6.07) is 26.0. The number of nitrogens with zero attached hydrogens (tertiary/aromatic N) is 1. The lowest BCUT2D eigenvalue weighted by Gasteiger charge is -2.33. The zero-order chi connectivity index (χ0) is 28.7. The molecule has 0 spiro atoms. The summed E-state index contributed by atoms with van der Waals surface area (Å²) in [6.07, 6.45) is 3.37. The minimum Gasteiger partial charge on any atom is -0.484 e. The molecule has 10 heteroatoms. The fraction of sp³-hybridized carbons (Fsp3) is 0.394. The van der Waals surface area contributed by atoms with Crippen LogP contribution in [0.5, 0.6) is 5.75 Å². The number of halogens is 2. The van der Waals surface area contributed by atoms with Crippen molar-refractivity contribution in [3.8, 4) is 5.75 Å². The number of ether oxygens (including phenoxy) is 2. The van der Waals surface area contributed by atoms with Crippen LogP contribution in [-0.4, -0.2) is 60.3 Å². The highest BCUT2D eigenvalue weighted by atomic mass is 35.5. The minimum atomic E-state index is -2.03. The summed E-state index contributed by atoms with van der Waals surface area (Å²) in [5, 5.41) is 14.8. The SMILES string of the molecule is Cl.Cl.NC1CC(NC(=O)COc2cccc([C@](O)(C(=O)OCC3CCN(Cc4ccccc4)CC3)c3ccccc3)c2)C1. The van der Waals surface area contributed by atoms with Crippen molar-refractivity contribution in [1.29, 1.82) is 0 Å². The molecule has 1 aliphatic heterocycles. The molecule has 3 aromatic rings. The summed E-state index contributed by atoms with van der Waals surface area (Å²) in [5.41, 5.74) is 5.77. The number of nitrogens with one attached hydrogen (secondary N) is 1. The molecule has 4 N–H and O–H groups in total. The number of hydrogen-bond donors (Lipinski definition) is 3. The highest BCUT2D eigenvalue weighted by Gasteiger charge is 2.42.